The van der Waals surface area contributed by atoms with Crippen LogP contribution in [0.15, 0.2) is 6.33 Å². The molecule has 0 atom stereocenters. The predicted octanol–water partition coefficient (Wildman–Crippen LogP) is 0.0218. The van der Waals surface area contributed by atoms with Crippen molar-refractivity contribution in [1.29, 1.82) is 0 Å². The van der Waals surface area contributed by atoms with Gasteiger partial charge in [0.25, 0.3) is 0 Å². The summed E-state index contributed by atoms with van der Waals surface area (Å²) in [5.41, 5.74) is 0.354. The number of hydrogen-bond donors (Lipinski definition) is 2. The van der Waals surface area contributed by atoms with Crippen molar-refractivity contribution in [2.24, 2.45) is 0 Å². The van der Waals surface area contributed by atoms with E-state index in [0.717, 1.165) is 13.1 Å². The molecule has 2 rings (SSSR count). The molecular formula is C12H18FN5O. The van der Waals surface area contributed by atoms with Crippen LogP contribution in [0.25, 0.3) is 0 Å². The highest BCUT2D eigenvalue weighted by Crippen LogP contribution is 2.12. The van der Waals surface area contributed by atoms with E-state index in [2.05, 4.69) is 20.6 Å². The Balaban J connectivity index is 1.93. The molecule has 1 aliphatic heterocycles. The fourth-order valence-corrected chi connectivity index (χ4v) is 1.96. The zero-order valence-electron chi connectivity index (χ0n) is 10.9. The Hall–Kier alpha value is -1.76. The van der Waals surface area contributed by atoms with E-state index >= 15 is 0 Å². The molecule has 1 fully saturated rings. The van der Waals surface area contributed by atoms with Crippen molar-refractivity contribution in [2.45, 2.75) is 13.3 Å². The molecule has 0 aliphatic carbocycles. The lowest BCUT2D eigenvalue weighted by molar-refractivity contribution is -0.129. The van der Waals surface area contributed by atoms with E-state index in [1.165, 1.54) is 6.33 Å². The number of amides is 1. The third-order valence-corrected chi connectivity index (χ3v) is 3.07. The van der Waals surface area contributed by atoms with Gasteiger partial charge in [-0.1, -0.05) is 6.92 Å². The molecule has 2 N–H and O–H groups in total. The number of anilines is 1. The highest BCUT2D eigenvalue weighted by atomic mass is 19.1. The number of halogens is 1. The molecule has 0 radical (unpaired) electrons. The van der Waals surface area contributed by atoms with E-state index in [1.807, 2.05) is 6.92 Å². The third-order valence-electron chi connectivity index (χ3n) is 3.07. The first-order valence-corrected chi connectivity index (χ1v) is 6.44. The molecule has 0 saturated carbocycles. The molecule has 1 saturated heterocycles. The number of aryl methyl sites for hydroxylation is 1. The maximum atomic E-state index is 13.8. The topological polar surface area (TPSA) is 70.2 Å². The zero-order chi connectivity index (χ0) is 13.7. The van der Waals surface area contributed by atoms with E-state index in [9.17, 15) is 9.18 Å². The summed E-state index contributed by atoms with van der Waals surface area (Å²) in [5, 5.41) is 5.92. The summed E-state index contributed by atoms with van der Waals surface area (Å²) in [5.74, 6) is -0.425. The maximum Gasteiger partial charge on any atom is 0.242 e. The highest BCUT2D eigenvalue weighted by Gasteiger charge is 2.17. The second-order valence-electron chi connectivity index (χ2n) is 4.32. The minimum atomic E-state index is -0.474. The smallest absolute Gasteiger partial charge is 0.242 e. The summed E-state index contributed by atoms with van der Waals surface area (Å²) < 4.78 is 13.8. The van der Waals surface area contributed by atoms with Crippen LogP contribution >= 0.6 is 0 Å². The molecule has 0 spiro atoms. The zero-order valence-corrected chi connectivity index (χ0v) is 10.9. The molecule has 19 heavy (non-hydrogen) atoms. The van der Waals surface area contributed by atoms with Crippen molar-refractivity contribution >= 4 is 11.7 Å². The van der Waals surface area contributed by atoms with Crippen LogP contribution < -0.4 is 10.6 Å². The molecule has 104 valence electrons. The van der Waals surface area contributed by atoms with E-state index < -0.39 is 5.82 Å². The van der Waals surface area contributed by atoms with Gasteiger partial charge in [-0.15, -0.1) is 0 Å². The SMILES string of the molecule is CCc1ncnc(NCC(=O)N2CCNCC2)c1F. The van der Waals surface area contributed by atoms with Crippen LogP contribution in [0, 0.1) is 5.82 Å². The number of nitrogens with zero attached hydrogens (tertiary/aromatic N) is 3. The van der Waals surface area contributed by atoms with Gasteiger partial charge >= 0.3 is 0 Å². The molecule has 1 aromatic rings. The van der Waals surface area contributed by atoms with Gasteiger partial charge in [-0.2, -0.15) is 0 Å². The van der Waals surface area contributed by atoms with Crippen LogP contribution in [0.1, 0.15) is 12.6 Å². The van der Waals surface area contributed by atoms with Crippen molar-refractivity contribution < 1.29 is 9.18 Å². The largest absolute Gasteiger partial charge is 0.358 e. The first-order chi connectivity index (χ1) is 9.22. The number of nitrogens with one attached hydrogen (secondary N) is 2. The van der Waals surface area contributed by atoms with Crippen LogP contribution in [0.2, 0.25) is 0 Å². The molecule has 0 unspecified atom stereocenters. The minimum Gasteiger partial charge on any atom is -0.358 e. The van der Waals surface area contributed by atoms with Crippen molar-refractivity contribution in [1.82, 2.24) is 20.2 Å². The third kappa shape index (κ3) is 3.37. The Labute approximate surface area is 111 Å². The Kier molecular flexibility index (Phi) is 4.62. The molecule has 1 aliphatic rings. The van der Waals surface area contributed by atoms with Gasteiger partial charge < -0.3 is 15.5 Å². The normalized spacial score (nSPS) is 15.4. The first-order valence-electron chi connectivity index (χ1n) is 6.44. The van der Waals surface area contributed by atoms with E-state index in [-0.39, 0.29) is 18.3 Å². The Morgan fingerprint density at radius 1 is 1.47 bits per heavy atom. The molecular weight excluding hydrogens is 249 g/mol. The standard InChI is InChI=1S/C12H18FN5O/c1-2-9-11(13)12(17-8-16-9)15-7-10(19)18-5-3-14-4-6-18/h8,14H,2-7H2,1H3,(H,15,16,17). The summed E-state index contributed by atoms with van der Waals surface area (Å²) in [7, 11) is 0. The van der Waals surface area contributed by atoms with Crippen LogP contribution in [-0.4, -0.2) is 53.5 Å². The second-order valence-corrected chi connectivity index (χ2v) is 4.32. The molecule has 1 amide bonds. The van der Waals surface area contributed by atoms with Gasteiger partial charge in [0.05, 0.1) is 12.2 Å². The summed E-state index contributed by atoms with van der Waals surface area (Å²) in [4.78, 5) is 21.3. The number of aromatic nitrogens is 2. The van der Waals surface area contributed by atoms with Gasteiger partial charge in [-0.05, 0) is 6.42 Å². The van der Waals surface area contributed by atoms with Gasteiger partial charge in [0.1, 0.15) is 6.33 Å². The Bertz CT molecular complexity index is 448. The molecule has 7 heteroatoms. The number of carbonyl (C=O) groups excluding carboxylic acids is 1. The summed E-state index contributed by atoms with van der Waals surface area (Å²) in [6.07, 6.45) is 1.80. The maximum absolute atomic E-state index is 13.8. The van der Waals surface area contributed by atoms with Crippen molar-refractivity contribution in [2.75, 3.05) is 38.0 Å². The molecule has 0 aromatic carbocycles. The highest BCUT2D eigenvalue weighted by molar-refractivity contribution is 5.80. The fraction of sp³-hybridized carbons (Fsp3) is 0.583. The molecule has 6 nitrogen and oxygen atoms in total. The predicted molar refractivity (Wildman–Crippen MR) is 69.3 cm³/mol. The van der Waals surface area contributed by atoms with Gasteiger partial charge in [0.2, 0.25) is 5.91 Å². The summed E-state index contributed by atoms with van der Waals surface area (Å²) >= 11 is 0. The van der Waals surface area contributed by atoms with Crippen LogP contribution in [0.4, 0.5) is 10.2 Å². The average Bonchev–Trinajstić information content (AvgIpc) is 2.47. The molecule has 2 heterocycles. The van der Waals surface area contributed by atoms with Crippen LogP contribution in [-0.2, 0) is 11.2 Å². The van der Waals surface area contributed by atoms with Crippen molar-refractivity contribution in [3.05, 3.63) is 17.8 Å². The van der Waals surface area contributed by atoms with E-state index in [0.29, 0.717) is 25.2 Å². The van der Waals surface area contributed by atoms with Crippen molar-refractivity contribution in [3.63, 3.8) is 0 Å². The number of hydrogen-bond acceptors (Lipinski definition) is 5. The van der Waals surface area contributed by atoms with Gasteiger partial charge in [-0.3, -0.25) is 4.79 Å². The Morgan fingerprint density at radius 3 is 2.89 bits per heavy atom. The van der Waals surface area contributed by atoms with Crippen molar-refractivity contribution in [3.8, 4) is 0 Å². The van der Waals surface area contributed by atoms with Crippen LogP contribution in [0.5, 0.6) is 0 Å². The fourth-order valence-electron chi connectivity index (χ4n) is 1.96. The first kappa shape index (κ1) is 13.7. The number of piperazine rings is 1. The molecule has 0 bridgehead atoms. The van der Waals surface area contributed by atoms with Gasteiger partial charge in [0, 0.05) is 26.2 Å². The average molecular weight is 267 g/mol. The summed E-state index contributed by atoms with van der Waals surface area (Å²) in [6.45, 7) is 4.85. The van der Waals surface area contributed by atoms with Gasteiger partial charge in [0.15, 0.2) is 11.6 Å². The summed E-state index contributed by atoms with van der Waals surface area (Å²) in [6, 6.07) is 0. The lowest BCUT2D eigenvalue weighted by atomic mass is 10.3. The van der Waals surface area contributed by atoms with Gasteiger partial charge in [-0.25, -0.2) is 14.4 Å². The van der Waals surface area contributed by atoms with E-state index in [1.54, 1.807) is 4.90 Å². The monoisotopic (exact) mass is 267 g/mol. The number of rotatable bonds is 4. The lowest BCUT2D eigenvalue weighted by Crippen LogP contribution is -2.48. The lowest BCUT2D eigenvalue weighted by Gasteiger charge is -2.27. The van der Waals surface area contributed by atoms with Crippen LogP contribution in [0.3, 0.4) is 0 Å². The quantitative estimate of drug-likeness (QED) is 0.805. The number of carbonyl (C=O) groups is 1. The minimum absolute atomic E-state index is 0.0439. The Morgan fingerprint density at radius 2 is 2.21 bits per heavy atom. The molecule has 1 aromatic heterocycles. The second kappa shape index (κ2) is 6.42. The van der Waals surface area contributed by atoms with E-state index in [4.69, 9.17) is 0 Å².